The van der Waals surface area contributed by atoms with E-state index in [1.54, 1.807) is 36.2 Å². The topological polar surface area (TPSA) is 85.6 Å². The highest BCUT2D eigenvalue weighted by Gasteiger charge is 2.12. The lowest BCUT2D eigenvalue weighted by molar-refractivity contribution is -0.122. The minimum Gasteiger partial charge on any atom is -0.491 e. The SMILES string of the molecule is CCNC(=O)CN(C)CC(O)COc1cccc(C#N)c1. The molecule has 0 aliphatic heterocycles. The quantitative estimate of drug-likeness (QED) is 0.722. The third-order valence-corrected chi connectivity index (χ3v) is 2.72. The minimum atomic E-state index is -0.713. The summed E-state index contributed by atoms with van der Waals surface area (Å²) in [6.07, 6.45) is -0.713. The summed E-state index contributed by atoms with van der Waals surface area (Å²) in [5.74, 6) is 0.467. The van der Waals surface area contributed by atoms with Crippen molar-refractivity contribution in [2.75, 3.05) is 33.3 Å². The maximum absolute atomic E-state index is 11.4. The molecule has 1 rings (SSSR count). The van der Waals surface area contributed by atoms with Crippen LogP contribution in [0.2, 0.25) is 0 Å². The monoisotopic (exact) mass is 291 g/mol. The fourth-order valence-electron chi connectivity index (χ4n) is 1.82. The molecule has 1 aromatic carbocycles. The number of aliphatic hydroxyl groups excluding tert-OH is 1. The lowest BCUT2D eigenvalue weighted by Crippen LogP contribution is -2.40. The molecule has 0 bridgehead atoms. The van der Waals surface area contributed by atoms with Crippen molar-refractivity contribution in [1.82, 2.24) is 10.2 Å². The highest BCUT2D eigenvalue weighted by atomic mass is 16.5. The Morgan fingerprint density at radius 3 is 3.00 bits per heavy atom. The number of ether oxygens (including phenoxy) is 1. The maximum Gasteiger partial charge on any atom is 0.234 e. The second kappa shape index (κ2) is 8.95. The zero-order valence-corrected chi connectivity index (χ0v) is 12.4. The molecule has 0 aliphatic carbocycles. The van der Waals surface area contributed by atoms with Crippen LogP contribution in [0.1, 0.15) is 12.5 Å². The molecule has 0 heterocycles. The molecule has 1 atom stereocenters. The molecule has 0 aromatic heterocycles. The largest absolute Gasteiger partial charge is 0.491 e. The number of aliphatic hydroxyl groups is 1. The molecule has 1 amide bonds. The molecule has 1 aromatic rings. The number of hydrogen-bond acceptors (Lipinski definition) is 5. The van der Waals surface area contributed by atoms with Gasteiger partial charge in [0.05, 0.1) is 18.2 Å². The highest BCUT2D eigenvalue weighted by molar-refractivity contribution is 5.77. The smallest absolute Gasteiger partial charge is 0.234 e. The van der Waals surface area contributed by atoms with Gasteiger partial charge >= 0.3 is 0 Å². The third kappa shape index (κ3) is 6.75. The fourth-order valence-corrected chi connectivity index (χ4v) is 1.82. The van der Waals surface area contributed by atoms with Crippen LogP contribution in [-0.2, 0) is 4.79 Å². The first-order chi connectivity index (χ1) is 10.0. The molecule has 0 radical (unpaired) electrons. The van der Waals surface area contributed by atoms with E-state index in [0.29, 0.717) is 24.4 Å². The number of amides is 1. The van der Waals surface area contributed by atoms with Crippen LogP contribution in [-0.4, -0.2) is 55.3 Å². The van der Waals surface area contributed by atoms with E-state index in [2.05, 4.69) is 5.32 Å². The Bertz CT molecular complexity index is 499. The van der Waals surface area contributed by atoms with E-state index < -0.39 is 6.10 Å². The average Bonchev–Trinajstić information content (AvgIpc) is 2.45. The Morgan fingerprint density at radius 2 is 2.33 bits per heavy atom. The Labute approximate surface area is 124 Å². The number of nitriles is 1. The molecule has 0 fully saturated rings. The summed E-state index contributed by atoms with van der Waals surface area (Å²) < 4.78 is 5.44. The van der Waals surface area contributed by atoms with Crippen molar-refractivity contribution in [2.24, 2.45) is 0 Å². The van der Waals surface area contributed by atoms with Crippen molar-refractivity contribution < 1.29 is 14.6 Å². The van der Waals surface area contributed by atoms with Gasteiger partial charge in [0.1, 0.15) is 18.5 Å². The summed E-state index contributed by atoms with van der Waals surface area (Å²) in [5, 5.41) is 21.4. The molecule has 2 N–H and O–H groups in total. The van der Waals surface area contributed by atoms with E-state index in [1.807, 2.05) is 13.0 Å². The second-order valence-electron chi connectivity index (χ2n) is 4.75. The molecule has 6 heteroatoms. The summed E-state index contributed by atoms with van der Waals surface area (Å²) in [6.45, 7) is 3.11. The van der Waals surface area contributed by atoms with Crippen LogP contribution in [0.3, 0.4) is 0 Å². The molecule has 114 valence electrons. The molecule has 1 unspecified atom stereocenters. The maximum atomic E-state index is 11.4. The number of likely N-dealkylation sites (N-methyl/N-ethyl adjacent to an activating group) is 2. The zero-order chi connectivity index (χ0) is 15.7. The Morgan fingerprint density at radius 1 is 1.57 bits per heavy atom. The van der Waals surface area contributed by atoms with Gasteiger partial charge in [0.2, 0.25) is 5.91 Å². The first-order valence-corrected chi connectivity index (χ1v) is 6.81. The van der Waals surface area contributed by atoms with Crippen LogP contribution in [0.4, 0.5) is 0 Å². The highest BCUT2D eigenvalue weighted by Crippen LogP contribution is 2.12. The van der Waals surface area contributed by atoms with Gasteiger partial charge in [-0.1, -0.05) is 6.07 Å². The predicted molar refractivity (Wildman–Crippen MR) is 78.8 cm³/mol. The van der Waals surface area contributed by atoms with E-state index in [9.17, 15) is 9.90 Å². The van der Waals surface area contributed by atoms with Gasteiger partial charge in [-0.05, 0) is 32.2 Å². The molecular weight excluding hydrogens is 270 g/mol. The Balaban J connectivity index is 2.34. The lowest BCUT2D eigenvalue weighted by atomic mass is 10.2. The average molecular weight is 291 g/mol. The van der Waals surface area contributed by atoms with Gasteiger partial charge in [0.25, 0.3) is 0 Å². The van der Waals surface area contributed by atoms with Gasteiger partial charge in [-0.3, -0.25) is 9.69 Å². The van der Waals surface area contributed by atoms with Gasteiger partial charge in [0.15, 0.2) is 0 Å². The molecule has 0 saturated carbocycles. The summed E-state index contributed by atoms with van der Waals surface area (Å²) in [4.78, 5) is 13.1. The van der Waals surface area contributed by atoms with Crippen LogP contribution in [0, 0.1) is 11.3 Å². The van der Waals surface area contributed by atoms with Gasteiger partial charge in [-0.25, -0.2) is 0 Å². The van der Waals surface area contributed by atoms with Crippen molar-refractivity contribution in [1.29, 1.82) is 5.26 Å². The second-order valence-corrected chi connectivity index (χ2v) is 4.75. The standard InChI is InChI=1S/C15H21N3O3/c1-3-17-15(20)10-18(2)9-13(19)11-21-14-6-4-5-12(7-14)8-16/h4-7,13,19H,3,9-11H2,1-2H3,(H,17,20). The first-order valence-electron chi connectivity index (χ1n) is 6.81. The number of hydrogen-bond donors (Lipinski definition) is 2. The number of nitrogens with zero attached hydrogens (tertiary/aromatic N) is 2. The first kappa shape index (κ1) is 17.0. The minimum absolute atomic E-state index is 0.0742. The molecule has 0 spiro atoms. The molecule has 6 nitrogen and oxygen atoms in total. The van der Waals surface area contributed by atoms with Crippen LogP contribution in [0.25, 0.3) is 0 Å². The van der Waals surface area contributed by atoms with Gasteiger partial charge in [-0.2, -0.15) is 5.26 Å². The van der Waals surface area contributed by atoms with E-state index in [0.717, 1.165) is 0 Å². The van der Waals surface area contributed by atoms with E-state index in [4.69, 9.17) is 10.00 Å². The predicted octanol–water partition coefficient (Wildman–Crippen LogP) is 0.366. The van der Waals surface area contributed by atoms with Crippen LogP contribution < -0.4 is 10.1 Å². The number of benzene rings is 1. The fraction of sp³-hybridized carbons (Fsp3) is 0.467. The van der Waals surface area contributed by atoms with Gasteiger partial charge < -0.3 is 15.2 Å². The van der Waals surface area contributed by atoms with Crippen LogP contribution in [0.5, 0.6) is 5.75 Å². The third-order valence-electron chi connectivity index (χ3n) is 2.72. The summed E-state index contributed by atoms with van der Waals surface area (Å²) in [7, 11) is 1.76. The molecule has 0 aliphatic rings. The normalized spacial score (nSPS) is 11.8. The Hall–Kier alpha value is -2.10. The Kier molecular flexibility index (Phi) is 7.23. The summed E-state index contributed by atoms with van der Waals surface area (Å²) in [6, 6.07) is 8.78. The van der Waals surface area contributed by atoms with E-state index >= 15 is 0 Å². The van der Waals surface area contributed by atoms with Gasteiger partial charge in [0, 0.05) is 13.1 Å². The van der Waals surface area contributed by atoms with Crippen molar-refractivity contribution in [3.05, 3.63) is 29.8 Å². The van der Waals surface area contributed by atoms with Crippen molar-refractivity contribution in [2.45, 2.75) is 13.0 Å². The van der Waals surface area contributed by atoms with E-state index in [-0.39, 0.29) is 19.1 Å². The van der Waals surface area contributed by atoms with Crippen LogP contribution in [0.15, 0.2) is 24.3 Å². The molecule has 21 heavy (non-hydrogen) atoms. The number of rotatable bonds is 8. The summed E-state index contributed by atoms with van der Waals surface area (Å²) >= 11 is 0. The number of carbonyl (C=O) groups is 1. The number of carbonyl (C=O) groups excluding carboxylic acids is 1. The van der Waals surface area contributed by atoms with E-state index in [1.165, 1.54) is 0 Å². The van der Waals surface area contributed by atoms with Gasteiger partial charge in [-0.15, -0.1) is 0 Å². The van der Waals surface area contributed by atoms with Crippen molar-refractivity contribution >= 4 is 5.91 Å². The summed E-state index contributed by atoms with van der Waals surface area (Å²) in [5.41, 5.74) is 0.510. The van der Waals surface area contributed by atoms with Crippen molar-refractivity contribution in [3.63, 3.8) is 0 Å². The van der Waals surface area contributed by atoms with Crippen molar-refractivity contribution in [3.8, 4) is 11.8 Å². The van der Waals surface area contributed by atoms with Crippen LogP contribution >= 0.6 is 0 Å². The molecular formula is C15H21N3O3. The zero-order valence-electron chi connectivity index (χ0n) is 12.4. The number of nitrogens with one attached hydrogen (secondary N) is 1. The molecule has 0 saturated heterocycles. The lowest BCUT2D eigenvalue weighted by Gasteiger charge is -2.20.